The number of ether oxygens (including phenoxy) is 1. The Labute approximate surface area is 281 Å². The number of benzene rings is 1. The van der Waals surface area contributed by atoms with E-state index in [9.17, 15) is 24.3 Å². The minimum atomic E-state index is -2.44. The third-order valence-corrected chi connectivity index (χ3v) is 23.9. The molecule has 0 fully saturated rings. The predicted octanol–water partition coefficient (Wildman–Crippen LogP) is 6.33. The van der Waals surface area contributed by atoms with E-state index in [1.165, 1.54) is 57.4 Å². The van der Waals surface area contributed by atoms with Gasteiger partial charge in [-0.25, -0.2) is 14.4 Å². The van der Waals surface area contributed by atoms with Crippen LogP contribution in [0.3, 0.4) is 0 Å². The van der Waals surface area contributed by atoms with E-state index in [1.807, 2.05) is 0 Å². The van der Waals surface area contributed by atoms with Crippen LogP contribution in [0, 0.1) is 0 Å². The summed E-state index contributed by atoms with van der Waals surface area (Å²) in [7, 11) is 0. The van der Waals surface area contributed by atoms with E-state index in [4.69, 9.17) is 9.84 Å². The maximum absolute atomic E-state index is 12.8. The van der Waals surface area contributed by atoms with Crippen LogP contribution in [0.4, 0.5) is 4.79 Å². The quantitative estimate of drug-likeness (QED) is 0.0467. The summed E-state index contributed by atoms with van der Waals surface area (Å²) < 4.78 is 11.5. The Morgan fingerprint density at radius 1 is 0.783 bits per heavy atom. The number of rotatable bonds is 24. The van der Waals surface area contributed by atoms with Crippen molar-refractivity contribution in [1.82, 2.24) is 16.0 Å². The molecule has 11 heteroatoms. The maximum atomic E-state index is 12.8. The molecular formula is C35H61N3O7Sn. The number of nitrogens with one attached hydrogen (secondary N) is 3. The van der Waals surface area contributed by atoms with Gasteiger partial charge in [0.15, 0.2) is 0 Å². The molecule has 0 bridgehead atoms. The first-order valence-corrected chi connectivity index (χ1v) is 24.8. The van der Waals surface area contributed by atoms with Crippen LogP contribution in [0.5, 0.6) is 0 Å². The first kappa shape index (κ1) is 41.7. The Hall–Kier alpha value is -2.34. The summed E-state index contributed by atoms with van der Waals surface area (Å²) in [6, 6.07) is 6.21. The molecule has 5 N–H and O–H groups in total. The van der Waals surface area contributed by atoms with Crippen molar-refractivity contribution in [1.29, 1.82) is 0 Å². The van der Waals surface area contributed by atoms with E-state index in [2.05, 4.69) is 61.0 Å². The van der Waals surface area contributed by atoms with Crippen molar-refractivity contribution >= 4 is 45.9 Å². The molecule has 0 saturated carbocycles. The van der Waals surface area contributed by atoms with Crippen LogP contribution in [0.15, 0.2) is 24.3 Å². The minimum absolute atomic E-state index is 0.274. The topological polar surface area (TPSA) is 154 Å². The number of amides is 2. The summed E-state index contributed by atoms with van der Waals surface area (Å²) in [5.41, 5.74) is 0.493. The first-order valence-electron chi connectivity index (χ1n) is 17.3. The molecule has 0 aromatic heterocycles. The number of carboxylic acids is 2. The Kier molecular flexibility index (Phi) is 20.2. The summed E-state index contributed by atoms with van der Waals surface area (Å²) in [5, 5.41) is 26.5. The fourth-order valence-electron chi connectivity index (χ4n) is 5.67. The standard InChI is InChI=1S/C23H34N3O7.3C4H9.Sn/c1-23(2,3)33-21(31)18(11-7-8-14-24-15-16-9-5-4-6-10-16)26-22(32)25-17(20(29)30)12-13-19(27)28;3*1-3-4-2;/h5-6,9-10,17-18,24H,7-8,11-15H2,1-3H3,(H,27,28)(H,29,30)(H2,25,26,32);3*1,3-4H2,2H3;/t17-,18-;;;;/m0..../s1. The van der Waals surface area contributed by atoms with E-state index in [1.54, 1.807) is 24.4 Å². The van der Waals surface area contributed by atoms with Crippen LogP contribution in [-0.4, -0.2) is 76.8 Å². The summed E-state index contributed by atoms with van der Waals surface area (Å²) in [6.07, 6.45) is 8.85. The van der Waals surface area contributed by atoms with Crippen LogP contribution in [0.25, 0.3) is 0 Å². The van der Waals surface area contributed by atoms with Gasteiger partial charge in [0.05, 0.1) is 0 Å². The molecule has 46 heavy (non-hydrogen) atoms. The van der Waals surface area contributed by atoms with Gasteiger partial charge in [-0.3, -0.25) is 4.79 Å². The molecule has 10 nitrogen and oxygen atoms in total. The normalized spacial score (nSPS) is 13.1. The summed E-state index contributed by atoms with van der Waals surface area (Å²) >= 11 is -2.44. The fraction of sp³-hybridized carbons (Fsp3) is 0.714. The van der Waals surface area contributed by atoms with E-state index in [-0.39, 0.29) is 6.42 Å². The average molecular weight is 755 g/mol. The number of hydrogen-bond donors (Lipinski definition) is 5. The number of aliphatic carboxylic acids is 2. The van der Waals surface area contributed by atoms with Crippen molar-refractivity contribution in [2.24, 2.45) is 0 Å². The fourth-order valence-corrected chi connectivity index (χ4v) is 21.6. The first-order chi connectivity index (χ1) is 21.8. The molecule has 2 amide bonds. The molecular weight excluding hydrogens is 693 g/mol. The number of esters is 1. The number of hydrogen-bond acceptors (Lipinski definition) is 6. The van der Waals surface area contributed by atoms with E-state index in [0.717, 1.165) is 19.5 Å². The van der Waals surface area contributed by atoms with Crippen LogP contribution in [0.2, 0.25) is 13.3 Å². The predicted molar refractivity (Wildman–Crippen MR) is 186 cm³/mol. The molecule has 0 radical (unpaired) electrons. The van der Waals surface area contributed by atoms with Crippen LogP contribution >= 0.6 is 0 Å². The summed E-state index contributed by atoms with van der Waals surface area (Å²) in [5.74, 6) is -3.12. The summed E-state index contributed by atoms with van der Waals surface area (Å²) in [6.45, 7) is 13.6. The van der Waals surface area contributed by atoms with Gasteiger partial charge in [0.2, 0.25) is 0 Å². The molecule has 0 aliphatic carbocycles. The van der Waals surface area contributed by atoms with Gasteiger partial charge in [0.1, 0.15) is 11.6 Å². The van der Waals surface area contributed by atoms with Crippen LogP contribution < -0.4 is 19.5 Å². The molecule has 1 aromatic rings. The molecule has 0 aliphatic rings. The van der Waals surface area contributed by atoms with Gasteiger partial charge in [-0.15, -0.1) is 0 Å². The number of urea groups is 1. The van der Waals surface area contributed by atoms with Crippen LogP contribution in [-0.2, 0) is 25.7 Å². The second kappa shape index (κ2) is 22.3. The number of carboxylic acid groups (broad SMARTS) is 2. The number of carbonyl (C=O) groups is 4. The zero-order valence-corrected chi connectivity index (χ0v) is 32.1. The third kappa shape index (κ3) is 17.0. The Morgan fingerprint density at radius 3 is 1.80 bits per heavy atom. The van der Waals surface area contributed by atoms with Gasteiger partial charge in [0, 0.05) is 6.42 Å². The van der Waals surface area contributed by atoms with Gasteiger partial charge in [-0.1, -0.05) is 0 Å². The SMILES string of the molecule is CCC[CH2][Sn]([CH2]CCC)([CH2]CCC)[c]1ccc(CNCCCC[C@H](NC(=O)N[C@@H](CCC(=O)O)C(=O)O)C(=O)OC(C)(C)C)cc1. The van der Waals surface area contributed by atoms with E-state index in [0.29, 0.717) is 12.8 Å². The molecule has 1 rings (SSSR count). The van der Waals surface area contributed by atoms with Gasteiger partial charge in [-0.2, -0.15) is 0 Å². The van der Waals surface area contributed by atoms with Gasteiger partial charge in [0.25, 0.3) is 0 Å². The second-order valence-electron chi connectivity index (χ2n) is 13.5. The monoisotopic (exact) mass is 755 g/mol. The molecule has 0 spiro atoms. The van der Waals surface area contributed by atoms with E-state index >= 15 is 0 Å². The van der Waals surface area contributed by atoms with Gasteiger partial charge in [-0.05, 0) is 27.2 Å². The molecule has 1 aromatic carbocycles. The van der Waals surface area contributed by atoms with Crippen molar-refractivity contribution in [2.75, 3.05) is 6.54 Å². The van der Waals surface area contributed by atoms with Crippen molar-refractivity contribution in [2.45, 2.75) is 150 Å². The van der Waals surface area contributed by atoms with E-state index < -0.39 is 66.4 Å². The number of unbranched alkanes of at least 4 members (excludes halogenated alkanes) is 4. The molecule has 0 heterocycles. The molecule has 0 aliphatic heterocycles. The Morgan fingerprint density at radius 2 is 1.33 bits per heavy atom. The van der Waals surface area contributed by atoms with Crippen molar-refractivity contribution in [3.8, 4) is 0 Å². The second-order valence-corrected chi connectivity index (χ2v) is 26.7. The zero-order valence-electron chi connectivity index (χ0n) is 29.2. The van der Waals surface area contributed by atoms with Crippen molar-refractivity contribution in [3.63, 3.8) is 0 Å². The Bertz CT molecular complexity index is 1040. The molecule has 0 saturated heterocycles. The summed E-state index contributed by atoms with van der Waals surface area (Å²) in [4.78, 5) is 47.7. The van der Waals surface area contributed by atoms with Gasteiger partial charge >= 0.3 is 197 Å². The molecule has 0 unspecified atom stereocenters. The third-order valence-electron chi connectivity index (χ3n) is 8.27. The van der Waals surface area contributed by atoms with Crippen molar-refractivity contribution < 1.29 is 34.1 Å². The van der Waals surface area contributed by atoms with Crippen molar-refractivity contribution in [3.05, 3.63) is 29.8 Å². The zero-order chi connectivity index (χ0) is 34.6. The molecule has 2 atom stereocenters. The number of carbonyl (C=O) groups excluding carboxylic acids is 2. The average Bonchev–Trinajstić information content (AvgIpc) is 2.99. The molecule has 262 valence electrons. The van der Waals surface area contributed by atoms with Crippen LogP contribution in [0.1, 0.15) is 118 Å². The Balaban J connectivity index is 2.73. The van der Waals surface area contributed by atoms with Gasteiger partial charge < -0.3 is 20.3 Å².